The summed E-state index contributed by atoms with van der Waals surface area (Å²) in [7, 11) is 1.62. The molecule has 4 nitrogen and oxygen atoms in total. The van der Waals surface area contributed by atoms with Crippen LogP contribution in [0.4, 0.5) is 5.69 Å². The smallest absolute Gasteiger partial charge is 0.282 e. The summed E-state index contributed by atoms with van der Waals surface area (Å²) in [6.07, 6.45) is 0. The summed E-state index contributed by atoms with van der Waals surface area (Å²) in [5.74, 6) is 0.767. The van der Waals surface area contributed by atoms with Gasteiger partial charge in [0.05, 0.1) is 7.11 Å². The lowest BCUT2D eigenvalue weighted by atomic mass is 10.1. The average Bonchev–Trinajstić information content (AvgIpc) is 2.56. The molecule has 0 aromatic heterocycles. The summed E-state index contributed by atoms with van der Waals surface area (Å²) in [6.45, 7) is 4.02. The first-order chi connectivity index (χ1) is 10.6. The van der Waals surface area contributed by atoms with Gasteiger partial charge in [0.2, 0.25) is 0 Å². The molecule has 0 aliphatic heterocycles. The van der Waals surface area contributed by atoms with Gasteiger partial charge in [-0.25, -0.2) is 0 Å². The molecule has 0 saturated carbocycles. The highest BCUT2D eigenvalue weighted by molar-refractivity contribution is 5.93. The third-order valence-electron chi connectivity index (χ3n) is 3.67. The fourth-order valence-electron chi connectivity index (χ4n) is 2.32. The number of amides is 1. The van der Waals surface area contributed by atoms with E-state index in [1.165, 1.54) is 5.56 Å². The van der Waals surface area contributed by atoms with Crippen molar-refractivity contribution >= 4 is 11.6 Å². The largest absolute Gasteiger partial charge is 0.497 e. The molecule has 3 N–H and O–H groups in total. The van der Waals surface area contributed by atoms with E-state index < -0.39 is 0 Å². The summed E-state index contributed by atoms with van der Waals surface area (Å²) < 4.78 is 5.10. The van der Waals surface area contributed by atoms with Gasteiger partial charge in [-0.15, -0.1) is 0 Å². The van der Waals surface area contributed by atoms with Crippen molar-refractivity contribution in [1.82, 2.24) is 0 Å². The maximum absolute atomic E-state index is 12.3. The maximum atomic E-state index is 12.3. The fraction of sp³-hybridized carbons (Fsp3) is 0.278. The van der Waals surface area contributed by atoms with Crippen LogP contribution in [0.1, 0.15) is 25.5 Å². The normalized spacial score (nSPS) is 13.2. The van der Waals surface area contributed by atoms with Crippen LogP contribution in [0.15, 0.2) is 54.6 Å². The van der Waals surface area contributed by atoms with Crippen molar-refractivity contribution in [1.29, 1.82) is 0 Å². The molecule has 0 aliphatic rings. The van der Waals surface area contributed by atoms with Gasteiger partial charge in [0.15, 0.2) is 6.04 Å². The number of hydrogen-bond donors (Lipinski definition) is 2. The van der Waals surface area contributed by atoms with E-state index in [1.54, 1.807) is 7.11 Å². The van der Waals surface area contributed by atoms with Gasteiger partial charge in [0.1, 0.15) is 11.8 Å². The van der Waals surface area contributed by atoms with Gasteiger partial charge < -0.3 is 15.4 Å². The van der Waals surface area contributed by atoms with E-state index in [2.05, 4.69) is 29.7 Å². The molecule has 2 rings (SSSR count). The fourth-order valence-corrected chi connectivity index (χ4v) is 2.32. The van der Waals surface area contributed by atoms with Crippen LogP contribution >= 0.6 is 0 Å². The number of methoxy groups -OCH3 is 1. The Bertz CT molecular complexity index is 596. The summed E-state index contributed by atoms with van der Waals surface area (Å²) >= 11 is 0. The first-order valence-corrected chi connectivity index (χ1v) is 7.45. The number of carbonyl (C=O) groups is 1. The van der Waals surface area contributed by atoms with Gasteiger partial charge in [0, 0.05) is 11.3 Å². The SMILES string of the molecule is COc1ccc(NC(=O)[C@@H](C)[NH2+][C@H](C)c2ccccc2)cc1. The van der Waals surface area contributed by atoms with E-state index in [0.29, 0.717) is 0 Å². The minimum Gasteiger partial charge on any atom is -0.497 e. The van der Waals surface area contributed by atoms with Gasteiger partial charge in [-0.3, -0.25) is 4.79 Å². The van der Waals surface area contributed by atoms with Crippen LogP contribution < -0.4 is 15.4 Å². The minimum atomic E-state index is -0.169. The molecule has 0 radical (unpaired) electrons. The minimum absolute atomic E-state index is 0.00653. The Morgan fingerprint density at radius 1 is 1.05 bits per heavy atom. The molecule has 0 unspecified atom stereocenters. The zero-order valence-electron chi connectivity index (χ0n) is 13.2. The molecule has 2 aromatic rings. The standard InChI is InChI=1S/C18H22N2O2/c1-13(15-7-5-4-6-8-15)19-14(2)18(21)20-16-9-11-17(22-3)12-10-16/h4-14,19H,1-3H3,(H,20,21)/p+1/t13-,14-/m1/s1. The number of quaternary nitrogens is 1. The molecule has 0 aliphatic carbocycles. The Morgan fingerprint density at radius 3 is 2.27 bits per heavy atom. The summed E-state index contributed by atoms with van der Waals surface area (Å²) in [5.41, 5.74) is 1.99. The maximum Gasteiger partial charge on any atom is 0.282 e. The zero-order chi connectivity index (χ0) is 15.9. The highest BCUT2D eigenvalue weighted by atomic mass is 16.5. The highest BCUT2D eigenvalue weighted by Gasteiger charge is 2.20. The van der Waals surface area contributed by atoms with E-state index >= 15 is 0 Å². The van der Waals surface area contributed by atoms with Crippen LogP contribution in [0.25, 0.3) is 0 Å². The van der Waals surface area contributed by atoms with Crippen molar-refractivity contribution in [2.75, 3.05) is 12.4 Å². The molecule has 0 bridgehead atoms. The molecule has 0 heterocycles. The van der Waals surface area contributed by atoms with Gasteiger partial charge in [0.25, 0.3) is 5.91 Å². The lowest BCUT2D eigenvalue weighted by Gasteiger charge is -2.17. The quantitative estimate of drug-likeness (QED) is 0.860. The van der Waals surface area contributed by atoms with Crippen molar-refractivity contribution in [3.63, 3.8) is 0 Å². The van der Waals surface area contributed by atoms with Crippen molar-refractivity contribution in [2.45, 2.75) is 25.9 Å². The van der Waals surface area contributed by atoms with E-state index in [9.17, 15) is 4.79 Å². The summed E-state index contributed by atoms with van der Waals surface area (Å²) in [5, 5.41) is 4.99. The molecule has 2 atom stereocenters. The lowest BCUT2D eigenvalue weighted by molar-refractivity contribution is -0.709. The van der Waals surface area contributed by atoms with Crippen LogP contribution in [0, 0.1) is 0 Å². The van der Waals surface area contributed by atoms with Crippen LogP contribution in [0.5, 0.6) is 5.75 Å². The van der Waals surface area contributed by atoms with Crippen LogP contribution in [-0.2, 0) is 4.79 Å². The number of ether oxygens (including phenoxy) is 1. The number of carbonyl (C=O) groups excluding carboxylic acids is 1. The van der Waals surface area contributed by atoms with Gasteiger partial charge in [-0.05, 0) is 38.1 Å². The second-order valence-corrected chi connectivity index (χ2v) is 5.40. The number of anilines is 1. The first-order valence-electron chi connectivity index (χ1n) is 7.45. The summed E-state index contributed by atoms with van der Waals surface area (Å²) in [6, 6.07) is 17.6. The highest BCUT2D eigenvalue weighted by Crippen LogP contribution is 2.15. The number of rotatable bonds is 6. The van der Waals surface area contributed by atoms with Crippen LogP contribution in [0.2, 0.25) is 0 Å². The van der Waals surface area contributed by atoms with Crippen LogP contribution in [0.3, 0.4) is 0 Å². The molecule has 0 fully saturated rings. The molecule has 0 spiro atoms. The van der Waals surface area contributed by atoms with Gasteiger partial charge in [-0.2, -0.15) is 0 Å². The van der Waals surface area contributed by atoms with Gasteiger partial charge >= 0.3 is 0 Å². The van der Waals surface area contributed by atoms with Crippen molar-refractivity contribution in [3.8, 4) is 5.75 Å². The van der Waals surface area contributed by atoms with E-state index in [0.717, 1.165) is 11.4 Å². The van der Waals surface area contributed by atoms with Gasteiger partial charge in [-0.1, -0.05) is 30.3 Å². The average molecular weight is 299 g/mol. The predicted molar refractivity (Wildman–Crippen MR) is 87.9 cm³/mol. The van der Waals surface area contributed by atoms with Crippen LogP contribution in [-0.4, -0.2) is 19.1 Å². The van der Waals surface area contributed by atoms with Crippen molar-refractivity contribution in [3.05, 3.63) is 60.2 Å². The number of nitrogens with one attached hydrogen (secondary N) is 1. The second-order valence-electron chi connectivity index (χ2n) is 5.40. The molecule has 2 aromatic carbocycles. The zero-order valence-corrected chi connectivity index (χ0v) is 13.2. The van der Waals surface area contributed by atoms with E-state index in [-0.39, 0.29) is 18.0 Å². The Hall–Kier alpha value is -2.33. The Morgan fingerprint density at radius 2 is 1.68 bits per heavy atom. The molecule has 1 amide bonds. The monoisotopic (exact) mass is 299 g/mol. The third kappa shape index (κ3) is 4.33. The predicted octanol–water partition coefficient (Wildman–Crippen LogP) is 2.35. The summed E-state index contributed by atoms with van der Waals surface area (Å²) in [4.78, 5) is 12.3. The molecular formula is C18H23N2O2+. The molecule has 4 heteroatoms. The number of hydrogen-bond acceptors (Lipinski definition) is 2. The van der Waals surface area contributed by atoms with Crippen molar-refractivity contribution in [2.24, 2.45) is 0 Å². The van der Waals surface area contributed by atoms with E-state index in [4.69, 9.17) is 4.74 Å². The first kappa shape index (κ1) is 16.0. The van der Waals surface area contributed by atoms with E-state index in [1.807, 2.05) is 49.4 Å². The number of benzene rings is 2. The number of nitrogens with two attached hydrogens (primary N) is 1. The Labute approximate surface area is 131 Å². The molecular weight excluding hydrogens is 276 g/mol. The Balaban J connectivity index is 1.91. The molecule has 22 heavy (non-hydrogen) atoms. The molecule has 0 saturated heterocycles. The third-order valence-corrected chi connectivity index (χ3v) is 3.67. The lowest BCUT2D eigenvalue weighted by Crippen LogP contribution is -2.91. The molecule has 116 valence electrons. The second kappa shape index (κ2) is 7.61. The Kier molecular flexibility index (Phi) is 5.55. The topological polar surface area (TPSA) is 54.9 Å². The van der Waals surface area contributed by atoms with Crippen molar-refractivity contribution < 1.29 is 14.8 Å².